The first-order chi connectivity index (χ1) is 10.4. The van der Waals surface area contributed by atoms with Crippen LogP contribution in [0.4, 0.5) is 0 Å². The molecule has 3 aromatic heterocycles. The normalized spacial score (nSPS) is 24.4. The summed E-state index contributed by atoms with van der Waals surface area (Å²) in [6.45, 7) is 0. The van der Waals surface area contributed by atoms with Gasteiger partial charge in [-0.05, 0) is 60.8 Å². The van der Waals surface area contributed by atoms with Crippen LogP contribution >= 0.6 is 0 Å². The Labute approximate surface area is 122 Å². The van der Waals surface area contributed by atoms with Gasteiger partial charge in [0.2, 0.25) is 0 Å². The SMILES string of the molecule is c1cc2c(C3CC3C3CC3)cc(-c3cncnc3)nn2c1. The van der Waals surface area contributed by atoms with Gasteiger partial charge in [0.1, 0.15) is 6.33 Å². The lowest BCUT2D eigenvalue weighted by Gasteiger charge is -2.08. The van der Waals surface area contributed by atoms with Crippen LogP contribution in [0, 0.1) is 11.8 Å². The third-order valence-corrected chi connectivity index (χ3v) is 4.85. The standard InChI is InChI=1S/C17H16N4/c1-2-17-15(14-6-13(14)11-3-4-11)7-16(20-21(17)5-1)12-8-18-10-19-9-12/h1-2,5,7-11,13-14H,3-4,6H2. The van der Waals surface area contributed by atoms with Gasteiger partial charge in [-0.3, -0.25) is 0 Å². The lowest BCUT2D eigenvalue weighted by atomic mass is 10.1. The molecule has 3 aromatic rings. The van der Waals surface area contributed by atoms with Gasteiger partial charge in [-0.15, -0.1) is 0 Å². The highest BCUT2D eigenvalue weighted by atomic mass is 15.2. The maximum absolute atomic E-state index is 4.70. The Morgan fingerprint density at radius 1 is 1.14 bits per heavy atom. The van der Waals surface area contributed by atoms with Gasteiger partial charge >= 0.3 is 0 Å². The van der Waals surface area contributed by atoms with Crippen LogP contribution in [0.25, 0.3) is 16.8 Å². The minimum atomic E-state index is 0.723. The van der Waals surface area contributed by atoms with Crippen molar-refractivity contribution in [3.05, 3.63) is 48.7 Å². The van der Waals surface area contributed by atoms with E-state index in [0.717, 1.165) is 29.0 Å². The van der Waals surface area contributed by atoms with Gasteiger partial charge in [-0.1, -0.05) is 0 Å². The van der Waals surface area contributed by atoms with Gasteiger partial charge in [0.25, 0.3) is 0 Å². The summed E-state index contributed by atoms with van der Waals surface area (Å²) < 4.78 is 2.00. The van der Waals surface area contributed by atoms with E-state index in [2.05, 4.69) is 28.2 Å². The molecule has 0 aliphatic heterocycles. The fourth-order valence-electron chi connectivity index (χ4n) is 3.54. The molecule has 4 nitrogen and oxygen atoms in total. The predicted octanol–water partition coefficient (Wildman–Crippen LogP) is 3.30. The van der Waals surface area contributed by atoms with E-state index in [-0.39, 0.29) is 0 Å². The summed E-state index contributed by atoms with van der Waals surface area (Å²) in [6, 6.07) is 6.50. The molecule has 0 amide bonds. The van der Waals surface area contributed by atoms with E-state index in [1.807, 2.05) is 23.1 Å². The second kappa shape index (κ2) is 4.13. The number of aromatic nitrogens is 4. The monoisotopic (exact) mass is 276 g/mol. The first-order valence-corrected chi connectivity index (χ1v) is 7.64. The van der Waals surface area contributed by atoms with Crippen molar-refractivity contribution in [2.75, 3.05) is 0 Å². The Kier molecular flexibility index (Phi) is 2.25. The summed E-state index contributed by atoms with van der Waals surface area (Å²) in [4.78, 5) is 8.22. The molecule has 3 heterocycles. The van der Waals surface area contributed by atoms with Crippen molar-refractivity contribution in [1.82, 2.24) is 19.6 Å². The van der Waals surface area contributed by atoms with Crippen LogP contribution in [0.5, 0.6) is 0 Å². The van der Waals surface area contributed by atoms with E-state index >= 15 is 0 Å². The number of nitrogens with zero attached hydrogens (tertiary/aromatic N) is 4. The molecule has 5 rings (SSSR count). The van der Waals surface area contributed by atoms with Crippen molar-refractivity contribution in [3.63, 3.8) is 0 Å². The van der Waals surface area contributed by atoms with Crippen molar-refractivity contribution in [2.45, 2.75) is 25.2 Å². The van der Waals surface area contributed by atoms with Gasteiger partial charge in [0, 0.05) is 24.2 Å². The molecule has 104 valence electrons. The van der Waals surface area contributed by atoms with Crippen molar-refractivity contribution in [1.29, 1.82) is 0 Å². The molecule has 0 N–H and O–H groups in total. The fourth-order valence-corrected chi connectivity index (χ4v) is 3.54. The molecule has 21 heavy (non-hydrogen) atoms. The zero-order chi connectivity index (χ0) is 13.8. The highest BCUT2D eigenvalue weighted by Crippen LogP contribution is 2.60. The third kappa shape index (κ3) is 1.86. The molecule has 2 atom stereocenters. The zero-order valence-electron chi connectivity index (χ0n) is 11.7. The lowest BCUT2D eigenvalue weighted by Crippen LogP contribution is -1.99. The van der Waals surface area contributed by atoms with Gasteiger partial charge in [-0.25, -0.2) is 14.5 Å². The summed E-state index contributed by atoms with van der Waals surface area (Å²) in [5, 5.41) is 4.70. The van der Waals surface area contributed by atoms with Crippen LogP contribution in [0.1, 0.15) is 30.7 Å². The maximum atomic E-state index is 4.70. The Morgan fingerprint density at radius 2 is 2.00 bits per heavy atom. The molecule has 2 unspecified atom stereocenters. The van der Waals surface area contributed by atoms with Gasteiger partial charge < -0.3 is 0 Å². The van der Waals surface area contributed by atoms with Crippen molar-refractivity contribution < 1.29 is 0 Å². The van der Waals surface area contributed by atoms with Gasteiger partial charge in [0.05, 0.1) is 11.2 Å². The smallest absolute Gasteiger partial charge is 0.115 e. The molecule has 2 aliphatic carbocycles. The Hall–Kier alpha value is -2.23. The minimum absolute atomic E-state index is 0.723. The van der Waals surface area contributed by atoms with Crippen molar-refractivity contribution in [2.24, 2.45) is 11.8 Å². The van der Waals surface area contributed by atoms with E-state index < -0.39 is 0 Å². The average molecular weight is 276 g/mol. The summed E-state index contributed by atoms with van der Waals surface area (Å²) in [7, 11) is 0. The Morgan fingerprint density at radius 3 is 2.81 bits per heavy atom. The van der Waals surface area contributed by atoms with Crippen molar-refractivity contribution in [3.8, 4) is 11.3 Å². The number of rotatable bonds is 3. The van der Waals surface area contributed by atoms with Crippen LogP contribution < -0.4 is 0 Å². The van der Waals surface area contributed by atoms with Crippen LogP contribution in [0.15, 0.2) is 43.1 Å². The fraction of sp³-hybridized carbons (Fsp3) is 0.353. The highest BCUT2D eigenvalue weighted by molar-refractivity contribution is 5.65. The van der Waals surface area contributed by atoms with Gasteiger partial charge in [0.15, 0.2) is 0 Å². The molecule has 0 aromatic carbocycles. The van der Waals surface area contributed by atoms with Crippen LogP contribution in [0.2, 0.25) is 0 Å². The predicted molar refractivity (Wildman–Crippen MR) is 79.8 cm³/mol. The summed E-state index contributed by atoms with van der Waals surface area (Å²) in [6.07, 6.45) is 11.5. The summed E-state index contributed by atoms with van der Waals surface area (Å²) >= 11 is 0. The minimum Gasteiger partial charge on any atom is -0.244 e. The molecule has 2 aliphatic rings. The molecule has 2 saturated carbocycles. The molecule has 0 saturated heterocycles. The maximum Gasteiger partial charge on any atom is 0.115 e. The Bertz CT molecular complexity index is 804. The average Bonchev–Trinajstić information content (AvgIpc) is 3.42. The molecular formula is C17H16N4. The van der Waals surface area contributed by atoms with E-state index in [9.17, 15) is 0 Å². The summed E-state index contributed by atoms with van der Waals surface area (Å²) in [5.74, 6) is 2.62. The van der Waals surface area contributed by atoms with E-state index in [4.69, 9.17) is 5.10 Å². The molecule has 0 bridgehead atoms. The van der Waals surface area contributed by atoms with Crippen molar-refractivity contribution >= 4 is 5.52 Å². The van der Waals surface area contributed by atoms with Crippen LogP contribution in [-0.2, 0) is 0 Å². The summed E-state index contributed by atoms with van der Waals surface area (Å²) in [5.41, 5.74) is 4.66. The molecule has 0 spiro atoms. The topological polar surface area (TPSA) is 43.1 Å². The van der Waals surface area contributed by atoms with E-state index in [1.165, 1.54) is 30.3 Å². The second-order valence-electron chi connectivity index (χ2n) is 6.29. The van der Waals surface area contributed by atoms with Gasteiger partial charge in [-0.2, -0.15) is 5.10 Å². The lowest BCUT2D eigenvalue weighted by molar-refractivity contribution is 0.690. The largest absolute Gasteiger partial charge is 0.244 e. The quantitative estimate of drug-likeness (QED) is 0.737. The van der Waals surface area contributed by atoms with Crippen LogP contribution in [0.3, 0.4) is 0 Å². The molecular weight excluding hydrogens is 260 g/mol. The number of hydrogen-bond donors (Lipinski definition) is 0. The molecule has 2 fully saturated rings. The zero-order valence-corrected chi connectivity index (χ0v) is 11.7. The number of hydrogen-bond acceptors (Lipinski definition) is 3. The first kappa shape index (κ1) is 11.4. The van der Waals surface area contributed by atoms with Crippen LogP contribution in [-0.4, -0.2) is 19.6 Å². The number of fused-ring (bicyclic) bond motifs is 1. The van der Waals surface area contributed by atoms with E-state index in [0.29, 0.717) is 0 Å². The van der Waals surface area contributed by atoms with E-state index in [1.54, 1.807) is 6.33 Å². The first-order valence-electron chi connectivity index (χ1n) is 7.64. The second-order valence-corrected chi connectivity index (χ2v) is 6.29. The Balaban J connectivity index is 1.64. The molecule has 0 radical (unpaired) electrons. The molecule has 4 heteroatoms. The highest BCUT2D eigenvalue weighted by Gasteiger charge is 2.48. The third-order valence-electron chi connectivity index (χ3n) is 4.85.